The molecule has 1 heterocycles. The van der Waals surface area contributed by atoms with Gasteiger partial charge in [-0.3, -0.25) is 25.0 Å². The minimum atomic E-state index is -0.551. The first kappa shape index (κ1) is 19.4. The van der Waals surface area contributed by atoms with Crippen molar-refractivity contribution >= 4 is 23.5 Å². The highest BCUT2D eigenvalue weighted by Crippen LogP contribution is 2.25. The number of hydrogen-bond donors (Lipinski definition) is 1. The number of furan rings is 1. The van der Waals surface area contributed by atoms with Crippen LogP contribution in [0.15, 0.2) is 70.2 Å². The van der Waals surface area contributed by atoms with Gasteiger partial charge in [0.15, 0.2) is 0 Å². The largest absolute Gasteiger partial charge is 0.455 e. The Hall–Kier alpha value is -4.34. The van der Waals surface area contributed by atoms with Gasteiger partial charge in [-0.05, 0) is 12.1 Å². The van der Waals surface area contributed by atoms with Gasteiger partial charge in [0.25, 0.3) is 11.4 Å². The lowest BCUT2D eigenvalue weighted by molar-refractivity contribution is -0.385. The van der Waals surface area contributed by atoms with Gasteiger partial charge >= 0.3 is 0 Å². The number of para-hydroxylation sites is 1. The zero-order chi connectivity index (χ0) is 20.8. The Balaban J connectivity index is 1.63. The van der Waals surface area contributed by atoms with Crippen LogP contribution in [-0.4, -0.2) is 22.0 Å². The summed E-state index contributed by atoms with van der Waals surface area (Å²) in [4.78, 5) is 32.7. The third-order valence-corrected chi connectivity index (χ3v) is 3.89. The first-order valence-electron chi connectivity index (χ1n) is 8.33. The Labute approximate surface area is 163 Å². The SMILES string of the molecule is O=C(Cc1ccccc1[N+](=O)[O-])N/N=C/c1ccc(-c2cccc([N+](=O)[O-])c2)o1. The van der Waals surface area contributed by atoms with Crippen LogP contribution in [0.3, 0.4) is 0 Å². The van der Waals surface area contributed by atoms with Crippen molar-refractivity contribution in [2.75, 3.05) is 0 Å². The number of nitrogens with one attached hydrogen (secondary N) is 1. The number of nitro benzene ring substituents is 2. The summed E-state index contributed by atoms with van der Waals surface area (Å²) in [7, 11) is 0. The second kappa shape index (κ2) is 8.57. The Bertz CT molecular complexity index is 1110. The van der Waals surface area contributed by atoms with Crippen molar-refractivity contribution in [1.29, 1.82) is 0 Å². The number of non-ortho nitro benzene ring substituents is 1. The number of hydrogen-bond acceptors (Lipinski definition) is 7. The number of rotatable bonds is 7. The molecule has 2 aromatic carbocycles. The summed E-state index contributed by atoms with van der Waals surface area (Å²) in [6, 6.07) is 15.1. The van der Waals surface area contributed by atoms with Crippen LogP contribution in [-0.2, 0) is 11.2 Å². The van der Waals surface area contributed by atoms with E-state index in [4.69, 9.17) is 4.42 Å². The van der Waals surface area contributed by atoms with E-state index in [1.54, 1.807) is 30.3 Å². The number of carbonyl (C=O) groups excluding carboxylic acids is 1. The molecule has 0 saturated heterocycles. The third-order valence-electron chi connectivity index (χ3n) is 3.89. The summed E-state index contributed by atoms with van der Waals surface area (Å²) < 4.78 is 5.54. The highest BCUT2D eigenvalue weighted by molar-refractivity contribution is 5.82. The monoisotopic (exact) mass is 394 g/mol. The van der Waals surface area contributed by atoms with Gasteiger partial charge in [0.1, 0.15) is 11.5 Å². The Morgan fingerprint density at radius 2 is 1.83 bits per heavy atom. The molecule has 0 radical (unpaired) electrons. The smallest absolute Gasteiger partial charge is 0.273 e. The molecule has 0 unspecified atom stereocenters. The predicted octanol–water partition coefficient (Wildman–Crippen LogP) is 3.46. The fourth-order valence-electron chi connectivity index (χ4n) is 2.57. The zero-order valence-electron chi connectivity index (χ0n) is 14.8. The van der Waals surface area contributed by atoms with Crippen LogP contribution < -0.4 is 5.43 Å². The number of nitro groups is 2. The van der Waals surface area contributed by atoms with Gasteiger partial charge in [-0.1, -0.05) is 30.3 Å². The van der Waals surface area contributed by atoms with Gasteiger partial charge in [-0.15, -0.1) is 0 Å². The first-order chi connectivity index (χ1) is 13.9. The van der Waals surface area contributed by atoms with Gasteiger partial charge in [-0.25, -0.2) is 5.43 Å². The molecule has 1 N–H and O–H groups in total. The fourth-order valence-corrected chi connectivity index (χ4v) is 2.57. The minimum absolute atomic E-state index is 0.0589. The number of nitrogens with zero attached hydrogens (tertiary/aromatic N) is 3. The lowest BCUT2D eigenvalue weighted by Crippen LogP contribution is -2.20. The second-order valence-electron chi connectivity index (χ2n) is 5.87. The molecule has 10 heteroatoms. The molecule has 29 heavy (non-hydrogen) atoms. The Kier molecular flexibility index (Phi) is 5.74. The topological polar surface area (TPSA) is 141 Å². The first-order valence-corrected chi connectivity index (χ1v) is 8.33. The molecule has 0 fully saturated rings. The van der Waals surface area contributed by atoms with E-state index < -0.39 is 15.8 Å². The lowest BCUT2D eigenvalue weighted by Gasteiger charge is -2.01. The van der Waals surface area contributed by atoms with E-state index in [0.29, 0.717) is 17.1 Å². The third kappa shape index (κ3) is 4.89. The van der Waals surface area contributed by atoms with Crippen LogP contribution in [0.4, 0.5) is 11.4 Å². The van der Waals surface area contributed by atoms with Crippen molar-refractivity contribution in [3.8, 4) is 11.3 Å². The summed E-state index contributed by atoms with van der Waals surface area (Å²) >= 11 is 0. The molecule has 3 aromatic rings. The number of hydrazone groups is 1. The van der Waals surface area contributed by atoms with Gasteiger partial charge in [0.2, 0.25) is 5.91 Å². The van der Waals surface area contributed by atoms with Crippen LogP contribution in [0.5, 0.6) is 0 Å². The molecule has 1 amide bonds. The average molecular weight is 394 g/mol. The lowest BCUT2D eigenvalue weighted by atomic mass is 10.1. The summed E-state index contributed by atoms with van der Waals surface area (Å²) in [6.45, 7) is 0. The van der Waals surface area contributed by atoms with Crippen molar-refractivity contribution in [1.82, 2.24) is 5.43 Å². The molecule has 0 aliphatic rings. The summed E-state index contributed by atoms with van der Waals surface area (Å²) in [5.74, 6) is 0.194. The van der Waals surface area contributed by atoms with E-state index in [0.717, 1.165) is 0 Å². The van der Waals surface area contributed by atoms with Crippen LogP contribution >= 0.6 is 0 Å². The summed E-state index contributed by atoms with van der Waals surface area (Å²) in [5.41, 5.74) is 2.88. The van der Waals surface area contributed by atoms with Crippen molar-refractivity contribution in [2.45, 2.75) is 6.42 Å². The highest BCUT2D eigenvalue weighted by Gasteiger charge is 2.15. The van der Waals surface area contributed by atoms with Crippen molar-refractivity contribution in [2.24, 2.45) is 5.10 Å². The normalized spacial score (nSPS) is 10.8. The molecule has 0 saturated carbocycles. The van der Waals surface area contributed by atoms with E-state index in [9.17, 15) is 25.0 Å². The molecule has 0 aliphatic heterocycles. The summed E-state index contributed by atoms with van der Waals surface area (Å²) in [5, 5.41) is 25.6. The predicted molar refractivity (Wildman–Crippen MR) is 103 cm³/mol. The summed E-state index contributed by atoms with van der Waals surface area (Å²) in [6.07, 6.45) is 1.06. The molecule has 10 nitrogen and oxygen atoms in total. The quantitative estimate of drug-likeness (QED) is 0.369. The van der Waals surface area contributed by atoms with Gasteiger partial charge in [0, 0.05) is 29.3 Å². The average Bonchev–Trinajstić information content (AvgIpc) is 3.17. The number of carbonyl (C=O) groups is 1. The maximum atomic E-state index is 12.0. The Morgan fingerprint density at radius 3 is 2.59 bits per heavy atom. The van der Waals surface area contributed by atoms with E-state index in [1.165, 1.54) is 36.5 Å². The van der Waals surface area contributed by atoms with Gasteiger partial charge in [0.05, 0.1) is 22.5 Å². The van der Waals surface area contributed by atoms with Crippen LogP contribution in [0.25, 0.3) is 11.3 Å². The van der Waals surface area contributed by atoms with Crippen LogP contribution in [0.1, 0.15) is 11.3 Å². The highest BCUT2D eigenvalue weighted by atomic mass is 16.6. The standard InChI is InChI=1S/C19H14N4O6/c24-19(11-13-4-1-2-7-17(13)23(27)28)21-20-12-16-8-9-18(29-16)14-5-3-6-15(10-14)22(25)26/h1-10,12H,11H2,(H,21,24)/b20-12+. The number of amides is 1. The molecule has 0 spiro atoms. The van der Waals surface area contributed by atoms with E-state index >= 15 is 0 Å². The molecule has 1 aromatic heterocycles. The molecular weight excluding hydrogens is 380 g/mol. The van der Waals surface area contributed by atoms with Crippen LogP contribution in [0.2, 0.25) is 0 Å². The maximum absolute atomic E-state index is 12.0. The molecule has 0 bridgehead atoms. The van der Waals surface area contributed by atoms with E-state index in [1.807, 2.05) is 0 Å². The second-order valence-corrected chi connectivity index (χ2v) is 5.87. The number of benzene rings is 2. The van der Waals surface area contributed by atoms with E-state index in [-0.39, 0.29) is 23.4 Å². The van der Waals surface area contributed by atoms with E-state index in [2.05, 4.69) is 10.5 Å². The van der Waals surface area contributed by atoms with Crippen molar-refractivity contribution in [3.63, 3.8) is 0 Å². The maximum Gasteiger partial charge on any atom is 0.273 e. The van der Waals surface area contributed by atoms with Gasteiger partial charge < -0.3 is 4.42 Å². The molecule has 0 aliphatic carbocycles. The van der Waals surface area contributed by atoms with Crippen molar-refractivity contribution < 1.29 is 19.1 Å². The molecular formula is C19H14N4O6. The molecule has 146 valence electrons. The van der Waals surface area contributed by atoms with Crippen molar-refractivity contribution in [3.05, 3.63) is 92.2 Å². The fraction of sp³-hybridized carbons (Fsp3) is 0.0526. The Morgan fingerprint density at radius 1 is 1.03 bits per heavy atom. The van der Waals surface area contributed by atoms with Crippen LogP contribution in [0, 0.1) is 20.2 Å². The molecule has 0 atom stereocenters. The zero-order valence-corrected chi connectivity index (χ0v) is 14.8. The molecule has 3 rings (SSSR count). The van der Waals surface area contributed by atoms with Gasteiger partial charge in [-0.2, -0.15) is 5.10 Å². The minimum Gasteiger partial charge on any atom is -0.455 e.